The molecule has 1 saturated heterocycles. The summed E-state index contributed by atoms with van der Waals surface area (Å²) in [6, 6.07) is 1.87. The minimum atomic E-state index is 0.592. The van der Waals surface area contributed by atoms with Gasteiger partial charge in [0, 0.05) is 32.2 Å². The Balaban J connectivity index is 1.65. The number of aromatic nitrogens is 1. The highest BCUT2D eigenvalue weighted by atomic mass is 32.1. The lowest BCUT2D eigenvalue weighted by Crippen LogP contribution is -2.38. The number of ether oxygens (including phenoxy) is 1. The second kappa shape index (κ2) is 5.29. The molecule has 3 N–H and O–H groups in total. The molecule has 2 rings (SSSR count). The second-order valence-corrected chi connectivity index (χ2v) is 4.30. The number of rotatable bonds is 4. The lowest BCUT2D eigenvalue weighted by Gasteiger charge is -2.26. The first-order chi connectivity index (χ1) is 7.34. The van der Waals surface area contributed by atoms with Gasteiger partial charge in [-0.15, -0.1) is 0 Å². The van der Waals surface area contributed by atoms with Gasteiger partial charge in [-0.2, -0.15) is 4.37 Å². The van der Waals surface area contributed by atoms with Crippen molar-refractivity contribution in [2.45, 2.75) is 0 Å². The predicted octanol–water partition coefficient (Wildman–Crippen LogP) is 0.469. The van der Waals surface area contributed by atoms with E-state index in [1.165, 1.54) is 11.5 Å². The van der Waals surface area contributed by atoms with Gasteiger partial charge in [-0.1, -0.05) is 0 Å². The standard InChI is InChI=1S/C9H16N4OS/c10-8-7-9(15-12-8)11-1-2-13-3-5-14-6-4-13/h7,11H,1-6H2,(H2,10,12). The summed E-state index contributed by atoms with van der Waals surface area (Å²) in [4.78, 5) is 2.39. The highest BCUT2D eigenvalue weighted by Gasteiger charge is 2.09. The van der Waals surface area contributed by atoms with Crippen LogP contribution in [0.3, 0.4) is 0 Å². The number of nitrogen functional groups attached to an aromatic ring is 1. The number of hydrogen-bond acceptors (Lipinski definition) is 6. The van der Waals surface area contributed by atoms with Crippen LogP contribution in [-0.4, -0.2) is 48.7 Å². The maximum atomic E-state index is 5.53. The van der Waals surface area contributed by atoms with E-state index in [-0.39, 0.29) is 0 Å². The quantitative estimate of drug-likeness (QED) is 0.784. The van der Waals surface area contributed by atoms with Crippen LogP contribution >= 0.6 is 11.5 Å². The van der Waals surface area contributed by atoms with Gasteiger partial charge in [-0.25, -0.2) is 0 Å². The van der Waals surface area contributed by atoms with Crippen molar-refractivity contribution in [2.24, 2.45) is 0 Å². The molecule has 1 fully saturated rings. The number of anilines is 2. The van der Waals surface area contributed by atoms with Gasteiger partial charge in [0.1, 0.15) is 10.8 Å². The number of morpholine rings is 1. The molecule has 0 radical (unpaired) electrons. The lowest BCUT2D eigenvalue weighted by atomic mass is 10.4. The van der Waals surface area contributed by atoms with Gasteiger partial charge in [0.25, 0.3) is 0 Å². The van der Waals surface area contributed by atoms with E-state index >= 15 is 0 Å². The summed E-state index contributed by atoms with van der Waals surface area (Å²) in [6.45, 7) is 5.75. The van der Waals surface area contributed by atoms with E-state index in [4.69, 9.17) is 10.5 Å². The normalized spacial score (nSPS) is 17.9. The van der Waals surface area contributed by atoms with Gasteiger partial charge in [0.05, 0.1) is 13.2 Å². The third-order valence-electron chi connectivity index (χ3n) is 2.36. The van der Waals surface area contributed by atoms with Gasteiger partial charge in [-0.3, -0.25) is 4.90 Å². The fourth-order valence-corrected chi connectivity index (χ4v) is 2.13. The van der Waals surface area contributed by atoms with Crippen LogP contribution in [0.1, 0.15) is 0 Å². The summed E-state index contributed by atoms with van der Waals surface area (Å²) < 4.78 is 9.29. The highest BCUT2D eigenvalue weighted by Crippen LogP contribution is 2.16. The van der Waals surface area contributed by atoms with Crippen LogP contribution in [-0.2, 0) is 4.74 Å². The first-order valence-corrected chi connectivity index (χ1v) is 5.88. The molecule has 5 nitrogen and oxygen atoms in total. The smallest absolute Gasteiger partial charge is 0.139 e. The molecule has 15 heavy (non-hydrogen) atoms. The van der Waals surface area contributed by atoms with Crippen molar-refractivity contribution in [3.05, 3.63) is 6.07 Å². The van der Waals surface area contributed by atoms with Crippen LogP contribution in [0.2, 0.25) is 0 Å². The molecule has 1 aromatic heterocycles. The fourth-order valence-electron chi connectivity index (χ4n) is 1.53. The van der Waals surface area contributed by atoms with Crippen LogP contribution in [0.5, 0.6) is 0 Å². The second-order valence-electron chi connectivity index (χ2n) is 3.50. The van der Waals surface area contributed by atoms with E-state index in [1.54, 1.807) is 0 Å². The minimum absolute atomic E-state index is 0.592. The molecular weight excluding hydrogens is 212 g/mol. The molecule has 0 saturated carbocycles. The molecule has 0 unspecified atom stereocenters. The zero-order valence-corrected chi connectivity index (χ0v) is 9.42. The van der Waals surface area contributed by atoms with Gasteiger partial charge in [0.15, 0.2) is 0 Å². The molecule has 0 bridgehead atoms. The lowest BCUT2D eigenvalue weighted by molar-refractivity contribution is 0.0398. The Morgan fingerprint density at radius 3 is 3.00 bits per heavy atom. The maximum absolute atomic E-state index is 5.53. The first-order valence-electron chi connectivity index (χ1n) is 5.11. The molecule has 0 spiro atoms. The maximum Gasteiger partial charge on any atom is 0.139 e. The van der Waals surface area contributed by atoms with E-state index in [9.17, 15) is 0 Å². The molecule has 1 aliphatic rings. The van der Waals surface area contributed by atoms with Crippen molar-refractivity contribution >= 4 is 22.4 Å². The average Bonchev–Trinajstić information content (AvgIpc) is 2.66. The zero-order chi connectivity index (χ0) is 10.5. The predicted molar refractivity (Wildman–Crippen MR) is 62.3 cm³/mol. The summed E-state index contributed by atoms with van der Waals surface area (Å²) in [7, 11) is 0. The molecular formula is C9H16N4OS. The number of nitrogens with zero attached hydrogens (tertiary/aromatic N) is 2. The van der Waals surface area contributed by atoms with Crippen molar-refractivity contribution in [2.75, 3.05) is 50.4 Å². The highest BCUT2D eigenvalue weighted by molar-refractivity contribution is 7.10. The summed E-state index contributed by atoms with van der Waals surface area (Å²) in [5.74, 6) is 0.592. The van der Waals surface area contributed by atoms with Crippen LogP contribution in [0.4, 0.5) is 10.8 Å². The van der Waals surface area contributed by atoms with Crippen molar-refractivity contribution in [1.82, 2.24) is 9.27 Å². The van der Waals surface area contributed by atoms with Gasteiger partial charge >= 0.3 is 0 Å². The average molecular weight is 228 g/mol. The third-order valence-corrected chi connectivity index (χ3v) is 3.12. The molecule has 2 heterocycles. The van der Waals surface area contributed by atoms with E-state index in [0.717, 1.165) is 44.4 Å². The fraction of sp³-hybridized carbons (Fsp3) is 0.667. The molecule has 84 valence electrons. The minimum Gasteiger partial charge on any atom is -0.383 e. The Labute approximate surface area is 93.4 Å². The molecule has 0 amide bonds. The Morgan fingerprint density at radius 2 is 2.33 bits per heavy atom. The van der Waals surface area contributed by atoms with Gasteiger partial charge in [-0.05, 0) is 11.5 Å². The van der Waals surface area contributed by atoms with E-state index in [2.05, 4.69) is 14.6 Å². The summed E-state index contributed by atoms with van der Waals surface area (Å²) >= 11 is 1.41. The zero-order valence-electron chi connectivity index (χ0n) is 8.61. The monoisotopic (exact) mass is 228 g/mol. The van der Waals surface area contributed by atoms with E-state index in [0.29, 0.717) is 5.82 Å². The Hall–Kier alpha value is -0.850. The molecule has 0 atom stereocenters. The van der Waals surface area contributed by atoms with Crippen molar-refractivity contribution in [3.8, 4) is 0 Å². The largest absolute Gasteiger partial charge is 0.383 e. The van der Waals surface area contributed by atoms with Crippen LogP contribution < -0.4 is 11.1 Å². The van der Waals surface area contributed by atoms with Crippen LogP contribution in [0.15, 0.2) is 6.07 Å². The molecule has 6 heteroatoms. The molecule has 1 aromatic rings. The number of nitrogens with two attached hydrogens (primary N) is 1. The SMILES string of the molecule is Nc1cc(NCCN2CCOCC2)sn1. The van der Waals surface area contributed by atoms with Gasteiger partial charge < -0.3 is 15.8 Å². The molecule has 0 aliphatic carbocycles. The Bertz CT molecular complexity index is 298. The number of hydrogen-bond donors (Lipinski definition) is 2. The molecule has 0 aromatic carbocycles. The van der Waals surface area contributed by atoms with E-state index in [1.807, 2.05) is 6.07 Å². The third kappa shape index (κ3) is 3.33. The van der Waals surface area contributed by atoms with Crippen molar-refractivity contribution < 1.29 is 4.74 Å². The summed E-state index contributed by atoms with van der Waals surface area (Å²) in [6.07, 6.45) is 0. The number of nitrogens with one attached hydrogen (secondary N) is 1. The van der Waals surface area contributed by atoms with Crippen LogP contribution in [0, 0.1) is 0 Å². The Morgan fingerprint density at radius 1 is 1.53 bits per heavy atom. The summed E-state index contributed by atoms with van der Waals surface area (Å²) in [5, 5.41) is 4.35. The topological polar surface area (TPSA) is 63.4 Å². The van der Waals surface area contributed by atoms with Crippen molar-refractivity contribution in [3.63, 3.8) is 0 Å². The van der Waals surface area contributed by atoms with Crippen molar-refractivity contribution in [1.29, 1.82) is 0 Å². The van der Waals surface area contributed by atoms with Gasteiger partial charge in [0.2, 0.25) is 0 Å². The first kappa shape index (κ1) is 10.7. The molecule has 1 aliphatic heterocycles. The van der Waals surface area contributed by atoms with E-state index < -0.39 is 0 Å². The van der Waals surface area contributed by atoms with Crippen LogP contribution in [0.25, 0.3) is 0 Å². The summed E-state index contributed by atoms with van der Waals surface area (Å²) in [5.41, 5.74) is 5.53. The Kier molecular flexibility index (Phi) is 3.76.